The number of aromatic hydroxyl groups is 1. The van der Waals surface area contributed by atoms with E-state index < -0.39 is 0 Å². The molecule has 2 aromatic carbocycles. The minimum atomic E-state index is 0.264. The minimum Gasteiger partial charge on any atom is -0.508 e. The molecule has 0 fully saturated rings. The topological polar surface area (TPSA) is 46.0 Å². The van der Waals surface area contributed by atoms with E-state index in [9.17, 15) is 5.11 Å². The Hall–Kier alpha value is -2.42. The Balaban J connectivity index is 2.27. The molecule has 0 unspecified atom stereocenters. The zero-order valence-corrected chi connectivity index (χ0v) is 9.04. The van der Waals surface area contributed by atoms with Gasteiger partial charge < -0.3 is 5.11 Å². The first-order valence-corrected chi connectivity index (χ1v) is 5.34. The second-order valence-corrected chi connectivity index (χ2v) is 3.78. The van der Waals surface area contributed by atoms with Gasteiger partial charge in [0, 0.05) is 18.0 Å². The standard InChI is InChI=1S/C14H10N2O/c17-11-6-4-10(5-7-11)12-2-1-3-13-14(12)16-9-8-15-13/h1-9,17H. The summed E-state index contributed by atoms with van der Waals surface area (Å²) in [7, 11) is 0. The van der Waals surface area contributed by atoms with Crippen molar-refractivity contribution in [1.29, 1.82) is 0 Å². The fraction of sp³-hybridized carbons (Fsp3) is 0. The summed E-state index contributed by atoms with van der Waals surface area (Å²) >= 11 is 0. The summed E-state index contributed by atoms with van der Waals surface area (Å²) in [6.45, 7) is 0. The van der Waals surface area contributed by atoms with E-state index in [0.29, 0.717) is 0 Å². The monoisotopic (exact) mass is 222 g/mol. The molecule has 0 aliphatic carbocycles. The Morgan fingerprint density at radius 1 is 0.824 bits per heavy atom. The van der Waals surface area contributed by atoms with Crippen LogP contribution in [0.4, 0.5) is 0 Å². The highest BCUT2D eigenvalue weighted by molar-refractivity contribution is 5.91. The number of phenols is 1. The van der Waals surface area contributed by atoms with Crippen molar-refractivity contribution < 1.29 is 5.11 Å². The van der Waals surface area contributed by atoms with Gasteiger partial charge in [-0.1, -0.05) is 24.3 Å². The molecule has 1 N–H and O–H groups in total. The third-order valence-electron chi connectivity index (χ3n) is 2.68. The molecule has 0 bridgehead atoms. The van der Waals surface area contributed by atoms with Crippen molar-refractivity contribution in [1.82, 2.24) is 9.97 Å². The number of hydrogen-bond acceptors (Lipinski definition) is 3. The number of hydrogen-bond donors (Lipinski definition) is 1. The Bertz CT molecular complexity index is 657. The maximum absolute atomic E-state index is 9.29. The Morgan fingerprint density at radius 2 is 1.59 bits per heavy atom. The molecule has 3 heteroatoms. The molecule has 17 heavy (non-hydrogen) atoms. The number of nitrogens with zero attached hydrogens (tertiary/aromatic N) is 2. The quantitative estimate of drug-likeness (QED) is 0.688. The number of fused-ring (bicyclic) bond motifs is 1. The van der Waals surface area contributed by atoms with E-state index in [1.54, 1.807) is 24.5 Å². The number of rotatable bonds is 1. The number of aromatic nitrogens is 2. The largest absolute Gasteiger partial charge is 0.508 e. The number of para-hydroxylation sites is 1. The van der Waals surface area contributed by atoms with Crippen LogP contribution in [-0.4, -0.2) is 15.1 Å². The summed E-state index contributed by atoms with van der Waals surface area (Å²) in [5.74, 6) is 0.264. The molecule has 0 radical (unpaired) electrons. The van der Waals surface area contributed by atoms with Gasteiger partial charge in [0.2, 0.25) is 0 Å². The van der Waals surface area contributed by atoms with Crippen LogP contribution in [0.15, 0.2) is 54.9 Å². The molecule has 3 rings (SSSR count). The number of phenolic OH excluding ortho intramolecular Hbond substituents is 1. The molecular formula is C14H10N2O. The van der Waals surface area contributed by atoms with Gasteiger partial charge in [0.05, 0.1) is 11.0 Å². The van der Waals surface area contributed by atoms with Gasteiger partial charge in [0.1, 0.15) is 5.75 Å². The van der Waals surface area contributed by atoms with Gasteiger partial charge in [-0.05, 0) is 23.8 Å². The molecule has 1 heterocycles. The molecule has 0 saturated carbocycles. The fourth-order valence-electron chi connectivity index (χ4n) is 1.87. The van der Waals surface area contributed by atoms with Crippen molar-refractivity contribution in [2.45, 2.75) is 0 Å². The Labute approximate surface area is 98.4 Å². The first kappa shape index (κ1) is 9.78. The van der Waals surface area contributed by atoms with Crippen LogP contribution < -0.4 is 0 Å². The summed E-state index contributed by atoms with van der Waals surface area (Å²) < 4.78 is 0. The molecular weight excluding hydrogens is 212 g/mol. The van der Waals surface area contributed by atoms with Crippen LogP contribution >= 0.6 is 0 Å². The molecule has 0 saturated heterocycles. The van der Waals surface area contributed by atoms with Crippen molar-refractivity contribution >= 4 is 11.0 Å². The van der Waals surface area contributed by atoms with Gasteiger partial charge in [-0.2, -0.15) is 0 Å². The molecule has 3 aromatic rings. The van der Waals surface area contributed by atoms with Crippen LogP contribution in [0.25, 0.3) is 22.2 Å². The van der Waals surface area contributed by atoms with E-state index in [0.717, 1.165) is 22.2 Å². The van der Waals surface area contributed by atoms with Crippen LogP contribution in [0.1, 0.15) is 0 Å². The summed E-state index contributed by atoms with van der Waals surface area (Å²) in [4.78, 5) is 8.63. The predicted octanol–water partition coefficient (Wildman–Crippen LogP) is 3.00. The molecule has 1 aromatic heterocycles. The van der Waals surface area contributed by atoms with Crippen molar-refractivity contribution in [3.63, 3.8) is 0 Å². The maximum Gasteiger partial charge on any atom is 0.115 e. The maximum atomic E-state index is 9.29. The lowest BCUT2D eigenvalue weighted by Crippen LogP contribution is -1.86. The van der Waals surface area contributed by atoms with Crippen LogP contribution in [-0.2, 0) is 0 Å². The van der Waals surface area contributed by atoms with E-state index in [1.807, 2.05) is 30.3 Å². The average molecular weight is 222 g/mol. The lowest BCUT2D eigenvalue weighted by atomic mass is 10.0. The Kier molecular flexibility index (Phi) is 2.22. The lowest BCUT2D eigenvalue weighted by Gasteiger charge is -2.05. The van der Waals surface area contributed by atoms with E-state index in [1.165, 1.54) is 0 Å². The third kappa shape index (κ3) is 1.72. The minimum absolute atomic E-state index is 0.264. The molecule has 82 valence electrons. The fourth-order valence-corrected chi connectivity index (χ4v) is 1.87. The summed E-state index contributed by atoms with van der Waals surface area (Å²) in [6.07, 6.45) is 3.37. The average Bonchev–Trinajstić information content (AvgIpc) is 2.39. The third-order valence-corrected chi connectivity index (χ3v) is 2.68. The highest BCUT2D eigenvalue weighted by Crippen LogP contribution is 2.27. The van der Waals surface area contributed by atoms with Crippen molar-refractivity contribution in [2.75, 3.05) is 0 Å². The van der Waals surface area contributed by atoms with Gasteiger partial charge in [-0.3, -0.25) is 9.97 Å². The van der Waals surface area contributed by atoms with E-state index in [-0.39, 0.29) is 5.75 Å². The second kappa shape index (κ2) is 3.87. The van der Waals surface area contributed by atoms with Crippen LogP contribution in [0.3, 0.4) is 0 Å². The van der Waals surface area contributed by atoms with Gasteiger partial charge in [0.15, 0.2) is 0 Å². The van der Waals surface area contributed by atoms with Crippen LogP contribution in [0.5, 0.6) is 5.75 Å². The first-order valence-electron chi connectivity index (χ1n) is 5.34. The van der Waals surface area contributed by atoms with E-state index >= 15 is 0 Å². The van der Waals surface area contributed by atoms with Gasteiger partial charge in [-0.25, -0.2) is 0 Å². The smallest absolute Gasteiger partial charge is 0.115 e. The molecule has 0 spiro atoms. The van der Waals surface area contributed by atoms with Crippen molar-refractivity contribution in [3.8, 4) is 16.9 Å². The zero-order chi connectivity index (χ0) is 11.7. The van der Waals surface area contributed by atoms with Crippen molar-refractivity contribution in [3.05, 3.63) is 54.9 Å². The van der Waals surface area contributed by atoms with E-state index in [2.05, 4.69) is 9.97 Å². The first-order chi connectivity index (χ1) is 8.34. The summed E-state index contributed by atoms with van der Waals surface area (Å²) in [5, 5.41) is 9.29. The van der Waals surface area contributed by atoms with Gasteiger partial charge in [0.25, 0.3) is 0 Å². The molecule has 0 amide bonds. The van der Waals surface area contributed by atoms with Gasteiger partial charge >= 0.3 is 0 Å². The molecule has 0 atom stereocenters. The molecule has 0 aliphatic heterocycles. The normalized spacial score (nSPS) is 10.6. The molecule has 0 aliphatic rings. The molecule has 3 nitrogen and oxygen atoms in total. The van der Waals surface area contributed by atoms with E-state index in [4.69, 9.17) is 0 Å². The SMILES string of the molecule is Oc1ccc(-c2cccc3nccnc23)cc1. The van der Waals surface area contributed by atoms with Crippen molar-refractivity contribution in [2.24, 2.45) is 0 Å². The van der Waals surface area contributed by atoms with Crippen LogP contribution in [0.2, 0.25) is 0 Å². The highest BCUT2D eigenvalue weighted by Gasteiger charge is 2.04. The predicted molar refractivity (Wildman–Crippen MR) is 66.6 cm³/mol. The zero-order valence-electron chi connectivity index (χ0n) is 9.04. The van der Waals surface area contributed by atoms with Crippen LogP contribution in [0, 0.1) is 0 Å². The second-order valence-electron chi connectivity index (χ2n) is 3.78. The highest BCUT2D eigenvalue weighted by atomic mass is 16.3. The van der Waals surface area contributed by atoms with Gasteiger partial charge in [-0.15, -0.1) is 0 Å². The summed E-state index contributed by atoms with van der Waals surface area (Å²) in [5.41, 5.74) is 3.79. The summed E-state index contributed by atoms with van der Waals surface area (Å²) in [6, 6.07) is 13.0. The Morgan fingerprint density at radius 3 is 2.41 bits per heavy atom. The lowest BCUT2D eigenvalue weighted by molar-refractivity contribution is 0.475. The number of benzene rings is 2.